The molecule has 0 saturated carbocycles. The molecule has 0 spiro atoms. The molecule has 1 aliphatic heterocycles. The highest BCUT2D eigenvalue weighted by Crippen LogP contribution is 2.31. The van der Waals surface area contributed by atoms with E-state index >= 15 is 0 Å². The second-order valence-corrected chi connectivity index (χ2v) is 9.92. The Kier molecular flexibility index (Phi) is 8.31. The van der Waals surface area contributed by atoms with Gasteiger partial charge in [0.25, 0.3) is 5.91 Å². The van der Waals surface area contributed by atoms with Crippen molar-refractivity contribution < 1.29 is 36.3 Å². The number of rotatable bonds is 6. The molecule has 13 heteroatoms. The summed E-state index contributed by atoms with van der Waals surface area (Å²) in [5, 5.41) is 4.96. The topological polar surface area (TPSA) is 104 Å². The number of pyridine rings is 2. The zero-order valence-corrected chi connectivity index (χ0v) is 21.5. The second kappa shape index (κ2) is 11.5. The van der Waals surface area contributed by atoms with Gasteiger partial charge in [-0.3, -0.25) is 24.4 Å². The van der Waals surface area contributed by atoms with Crippen molar-refractivity contribution in [3.63, 3.8) is 0 Å². The molecule has 0 bridgehead atoms. The van der Waals surface area contributed by atoms with Crippen molar-refractivity contribution in [2.75, 3.05) is 13.1 Å². The van der Waals surface area contributed by atoms with Gasteiger partial charge < -0.3 is 15.5 Å². The van der Waals surface area contributed by atoms with Crippen LogP contribution in [0.1, 0.15) is 42.1 Å². The maximum Gasteiger partial charge on any atom is 0.471 e. The Morgan fingerprint density at radius 3 is 2.42 bits per heavy atom. The number of nitrogens with zero attached hydrogens (tertiary/aromatic N) is 3. The number of hydrogen-bond donors (Lipinski definition) is 2. The van der Waals surface area contributed by atoms with Gasteiger partial charge in [-0.2, -0.15) is 13.2 Å². The number of fused-ring (bicyclic) bond motifs is 1. The minimum absolute atomic E-state index is 0.130. The number of aromatic nitrogens is 2. The number of nitrogens with one attached hydrogen (secondary N) is 2. The molecule has 1 aromatic carbocycles. The maximum atomic E-state index is 14.1. The number of piperidine rings is 1. The Morgan fingerprint density at radius 2 is 1.77 bits per heavy atom. The molecule has 3 atom stereocenters. The highest BCUT2D eigenvalue weighted by molar-refractivity contribution is 6.05. The van der Waals surface area contributed by atoms with E-state index in [9.17, 15) is 36.3 Å². The molecule has 0 aliphatic carbocycles. The van der Waals surface area contributed by atoms with Crippen LogP contribution in [0.15, 0.2) is 48.9 Å². The van der Waals surface area contributed by atoms with Crippen LogP contribution in [0.25, 0.3) is 10.9 Å². The molecule has 40 heavy (non-hydrogen) atoms. The minimum atomic E-state index is -5.20. The number of carbonyl (C=O) groups is 3. The number of hydrogen-bond acceptors (Lipinski definition) is 5. The van der Waals surface area contributed by atoms with Crippen LogP contribution >= 0.6 is 0 Å². The molecule has 1 saturated heterocycles. The van der Waals surface area contributed by atoms with Crippen molar-refractivity contribution in [3.05, 3.63) is 71.7 Å². The van der Waals surface area contributed by atoms with Crippen LogP contribution in [0, 0.1) is 17.6 Å². The first kappa shape index (κ1) is 28.8. The van der Waals surface area contributed by atoms with E-state index in [0.29, 0.717) is 17.0 Å². The summed E-state index contributed by atoms with van der Waals surface area (Å²) < 4.78 is 66.8. The van der Waals surface area contributed by atoms with Crippen LogP contribution in [0.4, 0.5) is 22.0 Å². The Labute approximate surface area is 226 Å². The van der Waals surface area contributed by atoms with Crippen molar-refractivity contribution in [1.29, 1.82) is 0 Å². The van der Waals surface area contributed by atoms with Crippen molar-refractivity contribution in [2.24, 2.45) is 5.92 Å². The average Bonchev–Trinajstić information content (AvgIpc) is 2.89. The van der Waals surface area contributed by atoms with E-state index in [2.05, 4.69) is 15.3 Å². The standard InChI is InChI=1S/C27H26F5N5O3/c1-14(2)22(36-26(40)27(30,31)32)24(38)35-21-13-37(7-5-19(21)16-8-17(28)10-18(29)9-16)25(39)20-12-33-11-15-4-3-6-34-23(15)20/h3-4,6,8-12,14,19,21-22H,5,7,13H2,1-2H3,(H,35,38)(H,36,40)/t19-,21+,22-/m0/s1. The molecule has 8 nitrogen and oxygen atoms in total. The maximum absolute atomic E-state index is 14.1. The number of carbonyl (C=O) groups excluding carboxylic acids is 3. The third-order valence-electron chi connectivity index (χ3n) is 6.78. The lowest BCUT2D eigenvalue weighted by Gasteiger charge is -2.40. The summed E-state index contributed by atoms with van der Waals surface area (Å²) >= 11 is 0. The fourth-order valence-electron chi connectivity index (χ4n) is 4.83. The van der Waals surface area contributed by atoms with Gasteiger partial charge in [0, 0.05) is 49.1 Å². The van der Waals surface area contributed by atoms with Gasteiger partial charge in [-0.1, -0.05) is 13.8 Å². The Morgan fingerprint density at radius 1 is 1.07 bits per heavy atom. The van der Waals surface area contributed by atoms with Gasteiger partial charge in [0.1, 0.15) is 17.7 Å². The van der Waals surface area contributed by atoms with Crippen LogP contribution < -0.4 is 10.6 Å². The molecule has 0 unspecified atom stereocenters. The fraction of sp³-hybridized carbons (Fsp3) is 0.370. The minimum Gasteiger partial charge on any atom is -0.349 e. The SMILES string of the molecule is CC(C)[C@H](NC(=O)C(F)(F)F)C(=O)N[C@@H]1CN(C(=O)c2cncc3cccnc23)CC[C@H]1c1cc(F)cc(F)c1. The molecular weight excluding hydrogens is 537 g/mol. The third kappa shape index (κ3) is 6.35. The van der Waals surface area contributed by atoms with E-state index in [4.69, 9.17) is 0 Å². The summed E-state index contributed by atoms with van der Waals surface area (Å²) in [6.45, 7) is 2.93. The van der Waals surface area contributed by atoms with Crippen LogP contribution in [-0.4, -0.2) is 63.9 Å². The predicted molar refractivity (Wildman–Crippen MR) is 134 cm³/mol. The Hall–Kier alpha value is -4.16. The van der Waals surface area contributed by atoms with E-state index < -0.39 is 59.5 Å². The molecule has 0 radical (unpaired) electrons. The van der Waals surface area contributed by atoms with Gasteiger partial charge in [0.2, 0.25) is 5.91 Å². The quantitative estimate of drug-likeness (QED) is 0.445. The second-order valence-electron chi connectivity index (χ2n) is 9.92. The smallest absolute Gasteiger partial charge is 0.349 e. The van der Waals surface area contributed by atoms with E-state index in [1.54, 1.807) is 23.6 Å². The molecule has 4 rings (SSSR count). The first-order valence-corrected chi connectivity index (χ1v) is 12.5. The summed E-state index contributed by atoms with van der Waals surface area (Å²) in [5.41, 5.74) is 0.826. The van der Waals surface area contributed by atoms with E-state index in [-0.39, 0.29) is 30.6 Å². The molecule has 2 N–H and O–H groups in total. The van der Waals surface area contributed by atoms with Gasteiger partial charge in [0.05, 0.1) is 17.1 Å². The van der Waals surface area contributed by atoms with Gasteiger partial charge in [-0.05, 0) is 42.2 Å². The highest BCUT2D eigenvalue weighted by Gasteiger charge is 2.42. The Bertz CT molecular complexity index is 1410. The molecule has 2 aromatic heterocycles. The van der Waals surface area contributed by atoms with Gasteiger partial charge in [-0.25, -0.2) is 8.78 Å². The lowest BCUT2D eigenvalue weighted by Crippen LogP contribution is -2.59. The van der Waals surface area contributed by atoms with Crippen molar-refractivity contribution in [2.45, 2.75) is 44.4 Å². The summed E-state index contributed by atoms with van der Waals surface area (Å²) in [4.78, 5) is 48.1. The van der Waals surface area contributed by atoms with Crippen LogP contribution in [0.2, 0.25) is 0 Å². The first-order chi connectivity index (χ1) is 18.8. The highest BCUT2D eigenvalue weighted by atomic mass is 19.4. The summed E-state index contributed by atoms with van der Waals surface area (Å²) in [7, 11) is 0. The number of benzene rings is 1. The van der Waals surface area contributed by atoms with E-state index in [1.165, 1.54) is 31.1 Å². The summed E-state index contributed by atoms with van der Waals surface area (Å²) in [6, 6.07) is 3.82. The zero-order chi connectivity index (χ0) is 29.2. The van der Waals surface area contributed by atoms with E-state index in [0.717, 1.165) is 12.1 Å². The molecule has 1 aliphatic rings. The molecule has 212 valence electrons. The molecule has 1 fully saturated rings. The molecular formula is C27H26F5N5O3. The lowest BCUT2D eigenvalue weighted by atomic mass is 9.84. The van der Waals surface area contributed by atoms with Crippen LogP contribution in [-0.2, 0) is 9.59 Å². The normalized spacial score (nSPS) is 18.4. The van der Waals surface area contributed by atoms with Gasteiger partial charge in [-0.15, -0.1) is 0 Å². The number of halogens is 5. The third-order valence-corrected chi connectivity index (χ3v) is 6.78. The zero-order valence-electron chi connectivity index (χ0n) is 21.5. The van der Waals surface area contributed by atoms with Crippen LogP contribution in [0.5, 0.6) is 0 Å². The molecule has 3 heterocycles. The molecule has 3 amide bonds. The van der Waals surface area contributed by atoms with Crippen molar-refractivity contribution >= 4 is 28.6 Å². The molecule has 3 aromatic rings. The summed E-state index contributed by atoms with van der Waals surface area (Å²) in [6.07, 6.45) is -0.598. The largest absolute Gasteiger partial charge is 0.471 e. The monoisotopic (exact) mass is 563 g/mol. The number of alkyl halides is 3. The number of likely N-dealkylation sites (tertiary alicyclic amines) is 1. The first-order valence-electron chi connectivity index (χ1n) is 12.5. The summed E-state index contributed by atoms with van der Waals surface area (Å²) in [5.74, 6) is -6.76. The lowest BCUT2D eigenvalue weighted by molar-refractivity contribution is -0.175. The van der Waals surface area contributed by atoms with Gasteiger partial charge >= 0.3 is 12.1 Å². The average molecular weight is 564 g/mol. The number of amides is 3. The van der Waals surface area contributed by atoms with Crippen LogP contribution in [0.3, 0.4) is 0 Å². The predicted octanol–water partition coefficient (Wildman–Crippen LogP) is 3.73. The fourth-order valence-corrected chi connectivity index (χ4v) is 4.83. The van der Waals surface area contributed by atoms with Crippen molar-refractivity contribution in [1.82, 2.24) is 25.5 Å². The van der Waals surface area contributed by atoms with E-state index in [1.807, 2.05) is 0 Å². The Balaban J connectivity index is 1.64. The van der Waals surface area contributed by atoms with Gasteiger partial charge in [0.15, 0.2) is 0 Å². The van der Waals surface area contributed by atoms with Crippen molar-refractivity contribution in [3.8, 4) is 0 Å².